The molecule has 0 unspecified atom stereocenters. The molecular weight excluding hydrogens is 262 g/mol. The molecule has 3 rings (SSSR count). The molecule has 80 valence electrons. The standard InChI is InChI=1S/C14H12N.BrH/c1-11-10-15-9-5-4-8-14(15)13-7-3-2-6-12(11)13;/h2-7,9H,10H2,1H3;1H/q+1;/p-1. The van der Waals surface area contributed by atoms with Crippen molar-refractivity contribution in [3.63, 3.8) is 0 Å². The third kappa shape index (κ3) is 1.60. The molecule has 0 saturated heterocycles. The van der Waals surface area contributed by atoms with Gasteiger partial charge in [0.1, 0.15) is 11.3 Å². The van der Waals surface area contributed by atoms with Gasteiger partial charge < -0.3 is 21.9 Å². The first-order valence-corrected chi connectivity index (χ1v) is 5.18. The summed E-state index contributed by atoms with van der Waals surface area (Å²) in [4.78, 5) is 2.25. The lowest BCUT2D eigenvalue weighted by Gasteiger charge is -2.21. The number of fused-ring (bicyclic) bond motifs is 2. The third-order valence-electron chi connectivity index (χ3n) is 2.92. The van der Waals surface area contributed by atoms with Crippen LogP contribution < -0.4 is 27.4 Å². The van der Waals surface area contributed by atoms with Crippen LogP contribution in [0.5, 0.6) is 0 Å². The highest BCUT2D eigenvalue weighted by atomic mass is 79.9. The zero-order valence-electron chi connectivity index (χ0n) is 9.07. The Bertz CT molecular complexity index is 581. The van der Waals surface area contributed by atoms with Crippen molar-refractivity contribution < 1.29 is 17.0 Å². The first kappa shape index (κ1) is 11.1. The van der Waals surface area contributed by atoms with Gasteiger partial charge in [0, 0.05) is 17.8 Å². The molecule has 1 aromatic carbocycles. The van der Waals surface area contributed by atoms with Crippen molar-refractivity contribution in [2.45, 2.75) is 6.92 Å². The van der Waals surface area contributed by atoms with Gasteiger partial charge in [0.05, 0.1) is 18.4 Å². The number of nitrogens with zero attached hydrogens (tertiary/aromatic N) is 1. The molecule has 2 aliphatic rings. The molecule has 1 aromatic rings. The van der Waals surface area contributed by atoms with Crippen LogP contribution in [0.4, 0.5) is 0 Å². The van der Waals surface area contributed by atoms with E-state index in [0.29, 0.717) is 0 Å². The van der Waals surface area contributed by atoms with Crippen LogP contribution in [0.1, 0.15) is 6.92 Å². The van der Waals surface area contributed by atoms with Crippen molar-refractivity contribution >= 4 is 11.3 Å². The summed E-state index contributed by atoms with van der Waals surface area (Å²) in [6, 6.07) is 8.54. The van der Waals surface area contributed by atoms with Crippen LogP contribution in [0.15, 0.2) is 42.6 Å². The summed E-state index contributed by atoms with van der Waals surface area (Å²) in [5.74, 6) is 0. The Kier molecular flexibility index (Phi) is 2.95. The van der Waals surface area contributed by atoms with E-state index < -0.39 is 0 Å². The molecule has 0 aromatic heterocycles. The summed E-state index contributed by atoms with van der Waals surface area (Å²) >= 11 is 0. The van der Waals surface area contributed by atoms with E-state index in [2.05, 4.69) is 48.4 Å². The Morgan fingerprint density at radius 2 is 1.94 bits per heavy atom. The lowest BCUT2D eigenvalue weighted by atomic mass is 10.0. The highest BCUT2D eigenvalue weighted by molar-refractivity contribution is 5.62. The molecule has 0 radical (unpaired) electrons. The average Bonchev–Trinajstić information content (AvgIpc) is 2.30. The second-order valence-electron chi connectivity index (χ2n) is 3.95. The zero-order valence-corrected chi connectivity index (χ0v) is 10.7. The lowest BCUT2D eigenvalue weighted by molar-refractivity contribution is -0.00000302. The van der Waals surface area contributed by atoms with E-state index in [9.17, 15) is 0 Å². The van der Waals surface area contributed by atoms with Crippen molar-refractivity contribution in [2.24, 2.45) is 0 Å². The number of halogens is 1. The Balaban J connectivity index is 0.000000963. The van der Waals surface area contributed by atoms with Gasteiger partial charge in [0.2, 0.25) is 5.70 Å². The van der Waals surface area contributed by atoms with Crippen LogP contribution >= 0.6 is 0 Å². The van der Waals surface area contributed by atoms with Gasteiger partial charge in [-0.15, -0.1) is 0 Å². The molecule has 0 bridgehead atoms. The van der Waals surface area contributed by atoms with Gasteiger partial charge in [-0.25, -0.2) is 0 Å². The quantitative estimate of drug-likeness (QED) is 0.503. The summed E-state index contributed by atoms with van der Waals surface area (Å²) in [5.41, 5.74) is 2.61. The lowest BCUT2D eigenvalue weighted by Crippen LogP contribution is -3.00. The highest BCUT2D eigenvalue weighted by Gasteiger charge is 2.20. The van der Waals surface area contributed by atoms with E-state index in [1.807, 2.05) is 12.2 Å². The van der Waals surface area contributed by atoms with E-state index in [1.165, 1.54) is 21.7 Å². The maximum absolute atomic E-state index is 3.32. The predicted octanol–water partition coefficient (Wildman–Crippen LogP) is -1.83. The number of rotatable bonds is 0. The van der Waals surface area contributed by atoms with Crippen LogP contribution in [-0.4, -0.2) is 11.4 Å². The molecule has 0 N–H and O–H groups in total. The van der Waals surface area contributed by atoms with Gasteiger partial charge in [-0.05, 0) is 24.6 Å². The van der Waals surface area contributed by atoms with Crippen LogP contribution in [0.25, 0.3) is 11.3 Å². The SMILES string of the molecule is CC1=c2ccccc2=C2[C+]=CC=CN2C1.[Br-]. The number of hydrogen-bond acceptors (Lipinski definition) is 1. The fraction of sp³-hybridized carbons (Fsp3) is 0.143. The minimum Gasteiger partial charge on any atom is -1.00 e. The summed E-state index contributed by atoms with van der Waals surface area (Å²) in [7, 11) is 0. The van der Waals surface area contributed by atoms with Crippen LogP contribution in [-0.2, 0) is 0 Å². The van der Waals surface area contributed by atoms with Crippen molar-refractivity contribution in [3.8, 4) is 0 Å². The highest BCUT2D eigenvalue weighted by Crippen LogP contribution is 2.15. The molecule has 0 aliphatic carbocycles. The Morgan fingerprint density at radius 3 is 2.75 bits per heavy atom. The second kappa shape index (κ2) is 4.25. The van der Waals surface area contributed by atoms with Gasteiger partial charge in [0.25, 0.3) is 0 Å². The topological polar surface area (TPSA) is 3.24 Å². The second-order valence-corrected chi connectivity index (χ2v) is 3.95. The zero-order chi connectivity index (χ0) is 10.3. The Hall–Kier alpha value is -1.37. The van der Waals surface area contributed by atoms with Crippen LogP contribution in [0.3, 0.4) is 0 Å². The minimum atomic E-state index is 0. The minimum absolute atomic E-state index is 0. The molecule has 0 atom stereocenters. The molecular formula is C14H12BrN. The third-order valence-corrected chi connectivity index (χ3v) is 2.92. The first-order valence-electron chi connectivity index (χ1n) is 5.18. The molecule has 1 nitrogen and oxygen atoms in total. The number of hydrogen-bond donors (Lipinski definition) is 0. The summed E-state index contributed by atoms with van der Waals surface area (Å²) < 4.78 is 0. The van der Waals surface area contributed by atoms with Gasteiger partial charge in [-0.1, -0.05) is 6.07 Å². The molecule has 2 heterocycles. The predicted molar refractivity (Wildman–Crippen MR) is 61.8 cm³/mol. The fourth-order valence-electron chi connectivity index (χ4n) is 2.20. The fourth-order valence-corrected chi connectivity index (χ4v) is 2.20. The van der Waals surface area contributed by atoms with E-state index in [1.54, 1.807) is 0 Å². The molecule has 0 fully saturated rings. The maximum Gasteiger partial charge on any atom is 0.217 e. The number of allylic oxidation sites excluding steroid dienone is 2. The van der Waals surface area contributed by atoms with Gasteiger partial charge in [-0.3, -0.25) is 0 Å². The summed E-state index contributed by atoms with van der Waals surface area (Å²) in [6.45, 7) is 3.17. The van der Waals surface area contributed by atoms with E-state index in [0.717, 1.165) is 6.54 Å². The van der Waals surface area contributed by atoms with Crippen molar-refractivity contribution in [3.05, 3.63) is 59.1 Å². The maximum atomic E-state index is 3.32. The number of benzene rings is 1. The Labute approximate surface area is 106 Å². The Morgan fingerprint density at radius 1 is 1.19 bits per heavy atom. The molecule has 2 aliphatic heterocycles. The summed E-state index contributed by atoms with van der Waals surface area (Å²) in [6.07, 6.45) is 9.44. The molecule has 0 amide bonds. The van der Waals surface area contributed by atoms with Crippen molar-refractivity contribution in [1.29, 1.82) is 0 Å². The molecule has 0 saturated carbocycles. The van der Waals surface area contributed by atoms with Gasteiger partial charge in [0.15, 0.2) is 0 Å². The van der Waals surface area contributed by atoms with E-state index in [-0.39, 0.29) is 17.0 Å². The monoisotopic (exact) mass is 273 g/mol. The van der Waals surface area contributed by atoms with E-state index >= 15 is 0 Å². The van der Waals surface area contributed by atoms with Crippen molar-refractivity contribution in [1.82, 2.24) is 4.90 Å². The van der Waals surface area contributed by atoms with Gasteiger partial charge >= 0.3 is 0 Å². The normalized spacial score (nSPS) is 16.2. The molecule has 0 spiro atoms. The van der Waals surface area contributed by atoms with Gasteiger partial charge in [-0.2, -0.15) is 0 Å². The summed E-state index contributed by atoms with van der Waals surface area (Å²) in [5, 5.41) is 2.65. The van der Waals surface area contributed by atoms with E-state index in [4.69, 9.17) is 0 Å². The molecule has 16 heavy (non-hydrogen) atoms. The van der Waals surface area contributed by atoms with Crippen LogP contribution in [0, 0.1) is 6.08 Å². The first-order chi connectivity index (χ1) is 7.36. The average molecular weight is 274 g/mol. The molecule has 2 heteroatoms. The van der Waals surface area contributed by atoms with Crippen LogP contribution in [0.2, 0.25) is 0 Å². The van der Waals surface area contributed by atoms with Crippen molar-refractivity contribution in [2.75, 3.05) is 6.54 Å². The largest absolute Gasteiger partial charge is 1.00 e. The smallest absolute Gasteiger partial charge is 0.217 e.